The smallest absolute Gasteiger partial charge is 0.303 e. The molecule has 6 heteroatoms. The standard InChI is InChI=1S/C23H31NO5/c25-20-16-21(29-18-19-8-4-3-5-9-19)23(17-20,24-12-14-28-15-13-24)11-7-2-1-6-10-22(26)27/h2-5,7-9,21H,1,6,10-18H2,(H,26,27)/t21-,23-/m1/s1. The van der Waals surface area contributed by atoms with Crippen LogP contribution in [0.2, 0.25) is 0 Å². The molecule has 0 spiro atoms. The highest BCUT2D eigenvalue weighted by atomic mass is 16.5. The molecule has 3 rings (SSSR count). The number of unbranched alkanes of at least 4 members (excludes halogenated alkanes) is 1. The number of hydrogen-bond donors (Lipinski definition) is 1. The molecule has 158 valence electrons. The molecule has 1 saturated heterocycles. The summed E-state index contributed by atoms with van der Waals surface area (Å²) < 4.78 is 11.9. The van der Waals surface area contributed by atoms with E-state index in [-0.39, 0.29) is 23.8 Å². The first-order valence-corrected chi connectivity index (χ1v) is 10.5. The van der Waals surface area contributed by atoms with Crippen molar-refractivity contribution in [1.82, 2.24) is 4.90 Å². The molecular formula is C23H31NO5. The minimum atomic E-state index is -0.765. The van der Waals surface area contributed by atoms with E-state index in [4.69, 9.17) is 14.6 Å². The highest BCUT2D eigenvalue weighted by Crippen LogP contribution is 2.40. The minimum absolute atomic E-state index is 0.156. The Bertz CT molecular complexity index is 698. The monoisotopic (exact) mass is 401 g/mol. The number of allylic oxidation sites excluding steroid dienone is 1. The number of ether oxygens (including phenoxy) is 2. The molecule has 1 heterocycles. The predicted molar refractivity (Wildman–Crippen MR) is 110 cm³/mol. The highest BCUT2D eigenvalue weighted by Gasteiger charge is 2.51. The van der Waals surface area contributed by atoms with Crippen LogP contribution in [0.25, 0.3) is 0 Å². The van der Waals surface area contributed by atoms with E-state index in [0.717, 1.165) is 31.5 Å². The van der Waals surface area contributed by atoms with E-state index in [2.05, 4.69) is 11.0 Å². The van der Waals surface area contributed by atoms with Gasteiger partial charge in [0.25, 0.3) is 0 Å². The molecule has 1 saturated carbocycles. The number of carboxylic acids is 1. The molecular weight excluding hydrogens is 370 g/mol. The van der Waals surface area contributed by atoms with E-state index in [1.165, 1.54) is 0 Å². The normalized spacial score (nSPS) is 25.7. The summed E-state index contributed by atoms with van der Waals surface area (Å²) in [6, 6.07) is 10.0. The van der Waals surface area contributed by atoms with Gasteiger partial charge in [0.05, 0.1) is 31.5 Å². The SMILES string of the molecule is O=C(O)CCCC=CC[C@@]1(N2CCOCC2)CC(=O)C[C@H]1OCc1ccccc1. The van der Waals surface area contributed by atoms with E-state index in [1.54, 1.807) is 0 Å². The van der Waals surface area contributed by atoms with Crippen LogP contribution in [0.4, 0.5) is 0 Å². The fraction of sp³-hybridized carbons (Fsp3) is 0.565. The largest absolute Gasteiger partial charge is 0.481 e. The van der Waals surface area contributed by atoms with Crippen molar-refractivity contribution in [3.63, 3.8) is 0 Å². The molecule has 0 amide bonds. The maximum absolute atomic E-state index is 12.5. The van der Waals surface area contributed by atoms with Crippen molar-refractivity contribution in [3.05, 3.63) is 48.0 Å². The number of nitrogens with zero attached hydrogens (tertiary/aromatic N) is 1. The third-order valence-electron chi connectivity index (χ3n) is 5.85. The molecule has 0 unspecified atom stereocenters. The van der Waals surface area contributed by atoms with Gasteiger partial charge < -0.3 is 14.6 Å². The zero-order valence-corrected chi connectivity index (χ0v) is 16.9. The number of carbonyl (C=O) groups is 2. The number of ketones is 1. The maximum Gasteiger partial charge on any atom is 0.303 e. The lowest BCUT2D eigenvalue weighted by Crippen LogP contribution is -2.58. The van der Waals surface area contributed by atoms with Crippen molar-refractivity contribution in [1.29, 1.82) is 0 Å². The van der Waals surface area contributed by atoms with Gasteiger partial charge in [0, 0.05) is 32.4 Å². The number of aliphatic carboxylic acids is 1. The molecule has 1 aromatic carbocycles. The molecule has 0 aromatic heterocycles. The van der Waals surface area contributed by atoms with Crippen molar-refractivity contribution in [2.24, 2.45) is 0 Å². The van der Waals surface area contributed by atoms with Gasteiger partial charge in [0.2, 0.25) is 0 Å². The lowest BCUT2D eigenvalue weighted by atomic mass is 9.87. The van der Waals surface area contributed by atoms with E-state index < -0.39 is 5.97 Å². The predicted octanol–water partition coefficient (Wildman–Crippen LogP) is 3.21. The van der Waals surface area contributed by atoms with Crippen molar-refractivity contribution in [2.45, 2.75) is 56.8 Å². The van der Waals surface area contributed by atoms with Crippen molar-refractivity contribution in [3.8, 4) is 0 Å². The number of Topliss-reactive ketones (excluding diaryl/α,β-unsaturated/α-hetero) is 1. The first kappa shape index (κ1) is 21.7. The second-order valence-electron chi connectivity index (χ2n) is 7.87. The van der Waals surface area contributed by atoms with Crippen LogP contribution in [0, 0.1) is 0 Å². The summed E-state index contributed by atoms with van der Waals surface area (Å²) in [5, 5.41) is 8.77. The molecule has 0 bridgehead atoms. The number of carbonyl (C=O) groups excluding carboxylic acids is 1. The summed E-state index contributed by atoms with van der Waals surface area (Å²) in [6.07, 6.45) is 7.20. The van der Waals surface area contributed by atoms with Gasteiger partial charge in [0.15, 0.2) is 0 Å². The Hall–Kier alpha value is -2.02. The van der Waals surface area contributed by atoms with Gasteiger partial charge in [-0.25, -0.2) is 0 Å². The number of hydrogen-bond acceptors (Lipinski definition) is 5. The van der Waals surface area contributed by atoms with Crippen LogP contribution in [0.15, 0.2) is 42.5 Å². The molecule has 2 aliphatic rings. The van der Waals surface area contributed by atoms with Crippen LogP contribution < -0.4 is 0 Å². The van der Waals surface area contributed by atoms with Gasteiger partial charge in [-0.2, -0.15) is 0 Å². The molecule has 1 aliphatic heterocycles. The van der Waals surface area contributed by atoms with Gasteiger partial charge in [-0.05, 0) is 24.8 Å². The Morgan fingerprint density at radius 3 is 2.72 bits per heavy atom. The summed E-state index contributed by atoms with van der Waals surface area (Å²) in [6.45, 7) is 3.43. The number of rotatable bonds is 10. The molecule has 1 aliphatic carbocycles. The van der Waals surface area contributed by atoms with E-state index >= 15 is 0 Å². The summed E-state index contributed by atoms with van der Waals surface area (Å²) >= 11 is 0. The molecule has 2 fully saturated rings. The van der Waals surface area contributed by atoms with Gasteiger partial charge >= 0.3 is 5.97 Å². The van der Waals surface area contributed by atoms with E-state index in [9.17, 15) is 9.59 Å². The third-order valence-corrected chi connectivity index (χ3v) is 5.85. The number of carboxylic acid groups (broad SMARTS) is 1. The van der Waals surface area contributed by atoms with Gasteiger partial charge in [0.1, 0.15) is 5.78 Å². The lowest BCUT2D eigenvalue weighted by Gasteiger charge is -2.46. The fourth-order valence-electron chi connectivity index (χ4n) is 4.34. The Balaban J connectivity index is 1.70. The van der Waals surface area contributed by atoms with Crippen LogP contribution in [0.1, 0.15) is 44.1 Å². The lowest BCUT2D eigenvalue weighted by molar-refractivity contribution is -0.137. The van der Waals surface area contributed by atoms with Crippen LogP contribution in [0.3, 0.4) is 0 Å². The van der Waals surface area contributed by atoms with Crippen molar-refractivity contribution in [2.75, 3.05) is 26.3 Å². The summed E-state index contributed by atoms with van der Waals surface area (Å²) in [4.78, 5) is 25.5. The van der Waals surface area contributed by atoms with Crippen LogP contribution in [-0.4, -0.2) is 59.7 Å². The van der Waals surface area contributed by atoms with E-state index in [0.29, 0.717) is 39.1 Å². The Morgan fingerprint density at radius 1 is 1.24 bits per heavy atom. The summed E-state index contributed by atoms with van der Waals surface area (Å²) in [5.41, 5.74) is 0.755. The second kappa shape index (κ2) is 10.7. The van der Waals surface area contributed by atoms with Crippen molar-refractivity contribution < 1.29 is 24.2 Å². The summed E-state index contributed by atoms with van der Waals surface area (Å²) in [7, 11) is 0. The van der Waals surface area contributed by atoms with E-state index in [1.807, 2.05) is 36.4 Å². The van der Waals surface area contributed by atoms with Gasteiger partial charge in [-0.1, -0.05) is 42.5 Å². The Morgan fingerprint density at radius 2 is 2.00 bits per heavy atom. The minimum Gasteiger partial charge on any atom is -0.481 e. The zero-order chi connectivity index (χ0) is 20.5. The fourth-order valence-corrected chi connectivity index (χ4v) is 4.34. The van der Waals surface area contributed by atoms with Crippen LogP contribution >= 0.6 is 0 Å². The molecule has 1 N–H and O–H groups in total. The number of benzene rings is 1. The molecule has 0 radical (unpaired) electrons. The molecule has 1 aromatic rings. The molecule has 6 nitrogen and oxygen atoms in total. The molecule has 2 atom stereocenters. The first-order valence-electron chi connectivity index (χ1n) is 10.5. The summed E-state index contributed by atoms with van der Waals surface area (Å²) in [5.74, 6) is -0.521. The maximum atomic E-state index is 12.5. The van der Waals surface area contributed by atoms with Gasteiger partial charge in [-0.15, -0.1) is 0 Å². The highest BCUT2D eigenvalue weighted by molar-refractivity contribution is 5.83. The second-order valence-corrected chi connectivity index (χ2v) is 7.87. The van der Waals surface area contributed by atoms with Crippen LogP contribution in [0.5, 0.6) is 0 Å². The first-order chi connectivity index (χ1) is 14.1. The van der Waals surface area contributed by atoms with Crippen molar-refractivity contribution >= 4 is 11.8 Å². The van der Waals surface area contributed by atoms with Gasteiger partial charge in [-0.3, -0.25) is 14.5 Å². The quantitative estimate of drug-likeness (QED) is 0.479. The average molecular weight is 402 g/mol. The van der Waals surface area contributed by atoms with Crippen LogP contribution in [-0.2, 0) is 25.7 Å². The zero-order valence-electron chi connectivity index (χ0n) is 16.9. The third kappa shape index (κ3) is 5.98. The number of morpholine rings is 1. The molecule has 29 heavy (non-hydrogen) atoms. The Labute approximate surface area is 172 Å². The Kier molecular flexibility index (Phi) is 7.98. The topological polar surface area (TPSA) is 76.1 Å². The average Bonchev–Trinajstić information content (AvgIpc) is 3.06.